The predicted molar refractivity (Wildman–Crippen MR) is 78.1 cm³/mol. The molecule has 2 atom stereocenters. The standard InChI is InChI=1S/C15H30N2O2/c1-6-19-14(18)15(16-4)9-7-8-13(10-15)17(5)11-12(2)3/h12-13,16H,6-11H2,1-5H3. The first-order chi connectivity index (χ1) is 8.95. The number of rotatable bonds is 6. The molecule has 2 unspecified atom stereocenters. The Labute approximate surface area is 117 Å². The van der Waals surface area contributed by atoms with Crippen LogP contribution in [0.5, 0.6) is 0 Å². The molecule has 0 amide bonds. The molecule has 1 fully saturated rings. The normalized spacial score (nSPS) is 27.8. The zero-order valence-electron chi connectivity index (χ0n) is 13.2. The van der Waals surface area contributed by atoms with Crippen LogP contribution in [0.3, 0.4) is 0 Å². The van der Waals surface area contributed by atoms with Gasteiger partial charge in [0.1, 0.15) is 5.54 Å². The van der Waals surface area contributed by atoms with E-state index in [0.717, 1.165) is 25.8 Å². The molecule has 4 heteroatoms. The van der Waals surface area contributed by atoms with E-state index in [9.17, 15) is 4.79 Å². The Morgan fingerprint density at radius 3 is 2.74 bits per heavy atom. The van der Waals surface area contributed by atoms with Crippen molar-refractivity contribution in [2.24, 2.45) is 5.92 Å². The van der Waals surface area contributed by atoms with E-state index in [4.69, 9.17) is 4.74 Å². The summed E-state index contributed by atoms with van der Waals surface area (Å²) in [6, 6.07) is 0.466. The van der Waals surface area contributed by atoms with E-state index < -0.39 is 5.54 Å². The fourth-order valence-electron chi connectivity index (χ4n) is 3.13. The first-order valence-corrected chi connectivity index (χ1v) is 7.51. The highest BCUT2D eigenvalue weighted by atomic mass is 16.5. The lowest BCUT2D eigenvalue weighted by atomic mass is 9.78. The van der Waals surface area contributed by atoms with Crippen molar-refractivity contribution in [1.29, 1.82) is 0 Å². The maximum atomic E-state index is 12.2. The van der Waals surface area contributed by atoms with E-state index in [1.165, 1.54) is 6.42 Å². The van der Waals surface area contributed by atoms with E-state index in [-0.39, 0.29) is 5.97 Å². The van der Waals surface area contributed by atoms with Gasteiger partial charge in [-0.2, -0.15) is 0 Å². The Balaban J connectivity index is 2.72. The molecule has 19 heavy (non-hydrogen) atoms. The van der Waals surface area contributed by atoms with Crippen LogP contribution in [0.4, 0.5) is 0 Å². The van der Waals surface area contributed by atoms with Gasteiger partial charge in [-0.25, -0.2) is 0 Å². The van der Waals surface area contributed by atoms with Gasteiger partial charge in [0.15, 0.2) is 0 Å². The third-order valence-electron chi connectivity index (χ3n) is 4.15. The molecule has 0 aromatic carbocycles. The van der Waals surface area contributed by atoms with Crippen molar-refractivity contribution < 1.29 is 9.53 Å². The molecular weight excluding hydrogens is 240 g/mol. The molecule has 0 bridgehead atoms. The van der Waals surface area contributed by atoms with E-state index in [1.54, 1.807) is 0 Å². The molecule has 0 aliphatic heterocycles. The molecule has 0 saturated heterocycles. The quantitative estimate of drug-likeness (QED) is 0.750. The van der Waals surface area contributed by atoms with Gasteiger partial charge in [-0.1, -0.05) is 13.8 Å². The molecule has 1 saturated carbocycles. The Morgan fingerprint density at radius 1 is 1.53 bits per heavy atom. The summed E-state index contributed by atoms with van der Waals surface area (Å²) in [7, 11) is 4.04. The smallest absolute Gasteiger partial charge is 0.326 e. The number of likely N-dealkylation sites (N-methyl/N-ethyl adjacent to an activating group) is 1. The van der Waals surface area contributed by atoms with Crippen LogP contribution in [-0.2, 0) is 9.53 Å². The third kappa shape index (κ3) is 4.18. The third-order valence-corrected chi connectivity index (χ3v) is 4.15. The summed E-state index contributed by atoms with van der Waals surface area (Å²) in [5.74, 6) is 0.568. The minimum Gasteiger partial charge on any atom is -0.465 e. The lowest BCUT2D eigenvalue weighted by Crippen LogP contribution is -2.57. The Hall–Kier alpha value is -0.610. The number of hydrogen-bond donors (Lipinski definition) is 1. The number of nitrogens with one attached hydrogen (secondary N) is 1. The summed E-state index contributed by atoms with van der Waals surface area (Å²) in [5.41, 5.74) is -0.482. The lowest BCUT2D eigenvalue weighted by molar-refractivity contribution is -0.153. The number of esters is 1. The molecule has 0 radical (unpaired) electrons. The lowest BCUT2D eigenvalue weighted by Gasteiger charge is -2.42. The van der Waals surface area contributed by atoms with Crippen molar-refractivity contribution in [1.82, 2.24) is 10.2 Å². The number of ether oxygens (including phenoxy) is 1. The first kappa shape index (κ1) is 16.4. The summed E-state index contributed by atoms with van der Waals surface area (Å²) in [5, 5.41) is 3.24. The minimum atomic E-state index is -0.482. The van der Waals surface area contributed by atoms with Crippen molar-refractivity contribution >= 4 is 5.97 Å². The molecule has 0 aromatic heterocycles. The van der Waals surface area contributed by atoms with Crippen LogP contribution < -0.4 is 5.32 Å². The fourth-order valence-corrected chi connectivity index (χ4v) is 3.13. The van der Waals surface area contributed by atoms with Crippen LogP contribution in [0.15, 0.2) is 0 Å². The van der Waals surface area contributed by atoms with Crippen LogP contribution >= 0.6 is 0 Å². The van der Waals surface area contributed by atoms with E-state index in [1.807, 2.05) is 14.0 Å². The number of hydrogen-bond acceptors (Lipinski definition) is 4. The molecule has 0 aromatic rings. The summed E-state index contributed by atoms with van der Waals surface area (Å²) in [6.45, 7) is 7.86. The van der Waals surface area contributed by atoms with Crippen molar-refractivity contribution in [3.8, 4) is 0 Å². The van der Waals surface area contributed by atoms with Gasteiger partial charge in [0.25, 0.3) is 0 Å². The minimum absolute atomic E-state index is 0.0832. The zero-order valence-corrected chi connectivity index (χ0v) is 13.2. The molecule has 0 spiro atoms. The summed E-state index contributed by atoms with van der Waals surface area (Å²) < 4.78 is 5.26. The van der Waals surface area contributed by atoms with Crippen LogP contribution in [0.25, 0.3) is 0 Å². The number of carbonyl (C=O) groups is 1. The van der Waals surface area contributed by atoms with Crippen molar-refractivity contribution in [3.63, 3.8) is 0 Å². The van der Waals surface area contributed by atoms with Gasteiger partial charge >= 0.3 is 5.97 Å². The second-order valence-corrected chi connectivity index (χ2v) is 6.14. The van der Waals surface area contributed by atoms with E-state index >= 15 is 0 Å². The first-order valence-electron chi connectivity index (χ1n) is 7.51. The number of nitrogens with zero attached hydrogens (tertiary/aromatic N) is 1. The summed E-state index contributed by atoms with van der Waals surface area (Å²) >= 11 is 0. The summed E-state index contributed by atoms with van der Waals surface area (Å²) in [4.78, 5) is 14.6. The van der Waals surface area contributed by atoms with Crippen molar-refractivity contribution in [3.05, 3.63) is 0 Å². The largest absolute Gasteiger partial charge is 0.465 e. The molecule has 112 valence electrons. The highest BCUT2D eigenvalue weighted by Crippen LogP contribution is 2.32. The topological polar surface area (TPSA) is 41.6 Å². The van der Waals surface area contributed by atoms with Gasteiger partial charge in [0.2, 0.25) is 0 Å². The van der Waals surface area contributed by atoms with Gasteiger partial charge in [0, 0.05) is 12.6 Å². The molecule has 1 aliphatic rings. The molecule has 1 N–H and O–H groups in total. The Kier molecular flexibility index (Phi) is 6.27. The van der Waals surface area contributed by atoms with Gasteiger partial charge in [-0.3, -0.25) is 4.79 Å². The van der Waals surface area contributed by atoms with E-state index in [0.29, 0.717) is 18.6 Å². The van der Waals surface area contributed by atoms with Gasteiger partial charge < -0.3 is 15.0 Å². The predicted octanol–water partition coefficient (Wildman–Crippen LogP) is 2.04. The molecule has 1 aliphatic carbocycles. The molecular formula is C15H30N2O2. The van der Waals surface area contributed by atoms with Gasteiger partial charge in [-0.15, -0.1) is 0 Å². The molecule has 0 heterocycles. The van der Waals surface area contributed by atoms with Crippen LogP contribution in [0.2, 0.25) is 0 Å². The SMILES string of the molecule is CCOC(=O)C1(NC)CCCC(N(C)CC(C)C)C1. The number of carbonyl (C=O) groups excluding carboxylic acids is 1. The maximum Gasteiger partial charge on any atom is 0.326 e. The Morgan fingerprint density at radius 2 is 2.21 bits per heavy atom. The monoisotopic (exact) mass is 270 g/mol. The highest BCUT2D eigenvalue weighted by Gasteiger charge is 2.43. The second kappa shape index (κ2) is 7.25. The van der Waals surface area contributed by atoms with Crippen LogP contribution in [0.1, 0.15) is 46.5 Å². The Bertz CT molecular complexity index is 294. The second-order valence-electron chi connectivity index (χ2n) is 6.14. The zero-order chi connectivity index (χ0) is 14.5. The van der Waals surface area contributed by atoms with E-state index in [2.05, 4.69) is 31.1 Å². The fraction of sp³-hybridized carbons (Fsp3) is 0.933. The molecule has 1 rings (SSSR count). The van der Waals surface area contributed by atoms with Crippen molar-refractivity contribution in [2.45, 2.75) is 58.0 Å². The maximum absolute atomic E-state index is 12.2. The van der Waals surface area contributed by atoms with Crippen molar-refractivity contribution in [2.75, 3.05) is 27.2 Å². The average Bonchev–Trinajstić information content (AvgIpc) is 2.38. The highest BCUT2D eigenvalue weighted by molar-refractivity contribution is 5.81. The van der Waals surface area contributed by atoms with Gasteiger partial charge in [0.05, 0.1) is 6.61 Å². The van der Waals surface area contributed by atoms with Crippen LogP contribution in [0, 0.1) is 5.92 Å². The van der Waals surface area contributed by atoms with Crippen LogP contribution in [-0.4, -0.2) is 49.7 Å². The van der Waals surface area contributed by atoms with Gasteiger partial charge in [-0.05, 0) is 52.6 Å². The average molecular weight is 270 g/mol. The summed E-state index contributed by atoms with van der Waals surface area (Å²) in [6.07, 6.45) is 3.98. The molecule has 4 nitrogen and oxygen atoms in total.